The second-order valence-electron chi connectivity index (χ2n) is 3.99. The molecule has 8 heteroatoms. The molecule has 6 nitrogen and oxygen atoms in total. The number of nitrogens with zero attached hydrogens (tertiary/aromatic N) is 2. The van der Waals surface area contributed by atoms with E-state index in [1.807, 2.05) is 0 Å². The molecule has 2 heterocycles. The van der Waals surface area contributed by atoms with E-state index in [-0.39, 0.29) is 10.0 Å². The van der Waals surface area contributed by atoms with Crippen molar-refractivity contribution in [3.63, 3.8) is 0 Å². The average molecular weight is 290 g/mol. The van der Waals surface area contributed by atoms with E-state index in [4.69, 9.17) is 17.3 Å². The number of carbonyl (C=O) groups excluding carboxylic acids is 1. The number of amides is 1. The van der Waals surface area contributed by atoms with E-state index in [2.05, 4.69) is 4.98 Å². The van der Waals surface area contributed by atoms with E-state index in [1.54, 1.807) is 0 Å². The number of carbonyl (C=O) groups is 1. The van der Waals surface area contributed by atoms with Gasteiger partial charge in [0.25, 0.3) is 0 Å². The Morgan fingerprint density at radius 3 is 2.78 bits per heavy atom. The van der Waals surface area contributed by atoms with Crippen LogP contribution in [-0.2, 0) is 14.8 Å². The zero-order valence-corrected chi connectivity index (χ0v) is 11.0. The molecule has 0 aliphatic carbocycles. The van der Waals surface area contributed by atoms with Gasteiger partial charge in [-0.3, -0.25) is 4.79 Å². The number of hydrogen-bond donors (Lipinski definition) is 1. The zero-order valence-electron chi connectivity index (χ0n) is 9.41. The molecular weight excluding hydrogens is 278 g/mol. The summed E-state index contributed by atoms with van der Waals surface area (Å²) in [6.07, 6.45) is 2.25. The predicted octanol–water partition coefficient (Wildman–Crippen LogP) is 0.373. The topological polar surface area (TPSA) is 93.4 Å². The summed E-state index contributed by atoms with van der Waals surface area (Å²) in [6.45, 7) is 0.290. The van der Waals surface area contributed by atoms with Crippen LogP contribution < -0.4 is 5.73 Å². The molecule has 2 rings (SSSR count). The van der Waals surface area contributed by atoms with Crippen LogP contribution in [-0.4, -0.2) is 36.2 Å². The van der Waals surface area contributed by atoms with Crippen LogP contribution in [0.5, 0.6) is 0 Å². The zero-order chi connectivity index (χ0) is 13.3. The molecule has 1 atom stereocenters. The minimum absolute atomic E-state index is 0.0139. The maximum Gasteiger partial charge on any atom is 0.245 e. The Kier molecular flexibility index (Phi) is 3.56. The summed E-state index contributed by atoms with van der Waals surface area (Å²) in [7, 11) is -3.74. The van der Waals surface area contributed by atoms with Crippen molar-refractivity contribution in [3.8, 4) is 0 Å². The molecule has 0 bridgehead atoms. The quantitative estimate of drug-likeness (QED) is 0.814. The predicted molar refractivity (Wildman–Crippen MR) is 65.4 cm³/mol. The molecule has 18 heavy (non-hydrogen) atoms. The fourth-order valence-electron chi connectivity index (χ4n) is 1.96. The molecule has 2 N–H and O–H groups in total. The van der Waals surface area contributed by atoms with E-state index < -0.39 is 22.0 Å². The van der Waals surface area contributed by atoms with Crippen LogP contribution in [0.2, 0.25) is 5.15 Å². The maximum atomic E-state index is 12.3. The number of pyridine rings is 1. The van der Waals surface area contributed by atoms with Crippen LogP contribution in [0.15, 0.2) is 23.2 Å². The molecule has 0 radical (unpaired) electrons. The SMILES string of the molecule is NC(=O)C1CCCN1S(=O)(=O)c1ccc(Cl)nc1. The van der Waals surface area contributed by atoms with Crippen molar-refractivity contribution in [3.05, 3.63) is 23.5 Å². The Balaban J connectivity index is 2.36. The first kappa shape index (κ1) is 13.3. The number of nitrogens with two attached hydrogens (primary N) is 1. The Bertz CT molecular complexity index is 558. The lowest BCUT2D eigenvalue weighted by atomic mass is 10.2. The first-order valence-electron chi connectivity index (χ1n) is 5.35. The van der Waals surface area contributed by atoms with E-state index in [0.717, 1.165) is 4.31 Å². The summed E-state index contributed by atoms with van der Waals surface area (Å²) in [6, 6.07) is 1.98. The van der Waals surface area contributed by atoms with Gasteiger partial charge < -0.3 is 5.73 Å². The standard InChI is InChI=1S/C10H12ClN3O3S/c11-9-4-3-7(6-13-9)18(16,17)14-5-1-2-8(14)10(12)15/h3-4,6,8H,1-2,5H2,(H2,12,15). The maximum absolute atomic E-state index is 12.3. The molecule has 0 saturated carbocycles. The van der Waals surface area contributed by atoms with Gasteiger partial charge in [-0.05, 0) is 25.0 Å². The van der Waals surface area contributed by atoms with E-state index in [1.165, 1.54) is 18.3 Å². The third kappa shape index (κ3) is 2.33. The van der Waals surface area contributed by atoms with Crippen LogP contribution in [0.25, 0.3) is 0 Å². The van der Waals surface area contributed by atoms with Gasteiger partial charge in [-0.25, -0.2) is 13.4 Å². The van der Waals surface area contributed by atoms with Crippen LogP contribution in [0.4, 0.5) is 0 Å². The Labute approximate surface area is 110 Å². The molecule has 0 spiro atoms. The lowest BCUT2D eigenvalue weighted by Gasteiger charge is -2.21. The minimum Gasteiger partial charge on any atom is -0.368 e. The molecule has 1 aromatic heterocycles. The third-order valence-electron chi connectivity index (χ3n) is 2.84. The average Bonchev–Trinajstić information content (AvgIpc) is 2.79. The highest BCUT2D eigenvalue weighted by atomic mass is 35.5. The Hall–Kier alpha value is -1.18. The number of primary amides is 1. The van der Waals surface area contributed by atoms with Crippen LogP contribution in [0.3, 0.4) is 0 Å². The molecule has 1 fully saturated rings. The van der Waals surface area contributed by atoms with E-state index in [0.29, 0.717) is 19.4 Å². The van der Waals surface area contributed by atoms with Crippen LogP contribution >= 0.6 is 11.6 Å². The molecule has 0 aromatic carbocycles. The van der Waals surface area contributed by atoms with Gasteiger partial charge in [0.2, 0.25) is 15.9 Å². The highest BCUT2D eigenvalue weighted by Crippen LogP contribution is 2.25. The molecule has 1 aromatic rings. The number of sulfonamides is 1. The third-order valence-corrected chi connectivity index (χ3v) is 4.95. The van der Waals surface area contributed by atoms with Gasteiger partial charge in [-0.1, -0.05) is 11.6 Å². The van der Waals surface area contributed by atoms with Crippen molar-refractivity contribution in [2.75, 3.05) is 6.54 Å². The summed E-state index contributed by atoms with van der Waals surface area (Å²) < 4.78 is 25.7. The number of aromatic nitrogens is 1. The normalized spacial score (nSPS) is 21.1. The van der Waals surface area contributed by atoms with Gasteiger partial charge in [-0.2, -0.15) is 4.31 Å². The first-order valence-corrected chi connectivity index (χ1v) is 7.17. The van der Waals surface area contributed by atoms with Gasteiger partial charge in [-0.15, -0.1) is 0 Å². The van der Waals surface area contributed by atoms with Crippen molar-refractivity contribution in [1.82, 2.24) is 9.29 Å². The summed E-state index contributed by atoms with van der Waals surface area (Å²) in [5.41, 5.74) is 5.21. The number of hydrogen-bond acceptors (Lipinski definition) is 4. The molecule has 98 valence electrons. The van der Waals surface area contributed by atoms with Gasteiger partial charge in [0.15, 0.2) is 0 Å². The molecule has 1 aliphatic heterocycles. The lowest BCUT2D eigenvalue weighted by molar-refractivity contribution is -0.121. The lowest BCUT2D eigenvalue weighted by Crippen LogP contribution is -2.43. The van der Waals surface area contributed by atoms with Crippen LogP contribution in [0, 0.1) is 0 Å². The van der Waals surface area contributed by atoms with Crippen molar-refractivity contribution in [1.29, 1.82) is 0 Å². The second kappa shape index (κ2) is 4.83. The molecule has 1 saturated heterocycles. The summed E-state index contributed by atoms with van der Waals surface area (Å²) in [5.74, 6) is -0.627. The van der Waals surface area contributed by atoms with Gasteiger partial charge >= 0.3 is 0 Å². The highest BCUT2D eigenvalue weighted by Gasteiger charge is 2.38. The molecule has 1 amide bonds. The van der Waals surface area contributed by atoms with E-state index >= 15 is 0 Å². The molecular formula is C10H12ClN3O3S. The smallest absolute Gasteiger partial charge is 0.245 e. The van der Waals surface area contributed by atoms with Gasteiger partial charge in [0, 0.05) is 12.7 Å². The van der Waals surface area contributed by atoms with Crippen molar-refractivity contribution in [2.45, 2.75) is 23.8 Å². The van der Waals surface area contributed by atoms with Crippen LogP contribution in [0.1, 0.15) is 12.8 Å². The van der Waals surface area contributed by atoms with E-state index in [9.17, 15) is 13.2 Å². The fraction of sp³-hybridized carbons (Fsp3) is 0.400. The van der Waals surface area contributed by atoms with Crippen molar-refractivity contribution in [2.24, 2.45) is 5.73 Å². The summed E-state index contributed by atoms with van der Waals surface area (Å²) in [5, 5.41) is 0.210. The Morgan fingerprint density at radius 2 is 2.22 bits per heavy atom. The number of halogens is 1. The van der Waals surface area contributed by atoms with Gasteiger partial charge in [0.05, 0.1) is 0 Å². The Morgan fingerprint density at radius 1 is 1.50 bits per heavy atom. The first-order chi connectivity index (χ1) is 8.43. The highest BCUT2D eigenvalue weighted by molar-refractivity contribution is 7.89. The second-order valence-corrected chi connectivity index (χ2v) is 6.27. The fourth-order valence-corrected chi connectivity index (χ4v) is 3.68. The minimum atomic E-state index is -3.74. The largest absolute Gasteiger partial charge is 0.368 e. The summed E-state index contributed by atoms with van der Waals surface area (Å²) in [4.78, 5) is 15.0. The van der Waals surface area contributed by atoms with Crippen molar-refractivity contribution >= 4 is 27.5 Å². The summed E-state index contributed by atoms with van der Waals surface area (Å²) >= 11 is 5.61. The van der Waals surface area contributed by atoms with Crippen molar-refractivity contribution < 1.29 is 13.2 Å². The number of rotatable bonds is 3. The monoisotopic (exact) mass is 289 g/mol. The molecule has 1 aliphatic rings. The molecule has 1 unspecified atom stereocenters. The van der Waals surface area contributed by atoms with Gasteiger partial charge in [0.1, 0.15) is 16.1 Å².